The van der Waals surface area contributed by atoms with Gasteiger partial charge in [-0.25, -0.2) is 4.79 Å². The lowest BCUT2D eigenvalue weighted by molar-refractivity contribution is -0.144. The molecule has 0 amide bonds. The van der Waals surface area contributed by atoms with E-state index >= 15 is 0 Å². The number of carbonyl (C=O) groups excluding carboxylic acids is 1. The van der Waals surface area contributed by atoms with E-state index < -0.39 is 6.04 Å². The number of carbonyl (C=O) groups is 1. The van der Waals surface area contributed by atoms with Gasteiger partial charge in [0.1, 0.15) is 0 Å². The molecular formula is C15H17NO2S. The van der Waals surface area contributed by atoms with Gasteiger partial charge in [-0.2, -0.15) is 11.3 Å². The largest absolute Gasteiger partial charge is 0.464 e. The Labute approximate surface area is 117 Å². The molecule has 0 radical (unpaired) electrons. The van der Waals surface area contributed by atoms with Crippen molar-refractivity contribution in [2.45, 2.75) is 19.9 Å². The van der Waals surface area contributed by atoms with E-state index in [-0.39, 0.29) is 5.97 Å². The quantitative estimate of drug-likeness (QED) is 0.844. The highest BCUT2D eigenvalue weighted by atomic mass is 32.1. The average molecular weight is 275 g/mol. The van der Waals surface area contributed by atoms with Gasteiger partial charge in [-0.15, -0.1) is 0 Å². The van der Waals surface area contributed by atoms with Crippen molar-refractivity contribution in [3.05, 3.63) is 52.2 Å². The average Bonchev–Trinajstić information content (AvgIpc) is 2.91. The molecule has 3 nitrogen and oxygen atoms in total. The van der Waals surface area contributed by atoms with Gasteiger partial charge in [-0.3, -0.25) is 0 Å². The number of benzene rings is 1. The van der Waals surface area contributed by atoms with Crippen LogP contribution in [0.4, 0.5) is 5.69 Å². The third-order valence-electron chi connectivity index (χ3n) is 2.84. The molecule has 0 aliphatic carbocycles. The highest BCUT2D eigenvalue weighted by molar-refractivity contribution is 7.08. The molecule has 2 aromatic rings. The molecule has 2 rings (SSSR count). The van der Waals surface area contributed by atoms with Crippen molar-refractivity contribution in [3.8, 4) is 0 Å². The summed E-state index contributed by atoms with van der Waals surface area (Å²) in [5.41, 5.74) is 2.99. The van der Waals surface area contributed by atoms with E-state index in [0.29, 0.717) is 6.61 Å². The highest BCUT2D eigenvalue weighted by Gasteiger charge is 2.22. The monoisotopic (exact) mass is 275 g/mol. The van der Waals surface area contributed by atoms with Gasteiger partial charge in [0.2, 0.25) is 0 Å². The molecule has 1 heterocycles. The smallest absolute Gasteiger partial charge is 0.333 e. The zero-order valence-electron chi connectivity index (χ0n) is 11.1. The maximum absolute atomic E-state index is 12.1. The molecule has 1 aromatic heterocycles. The summed E-state index contributed by atoms with van der Waals surface area (Å²) in [5.74, 6) is -0.246. The lowest BCUT2D eigenvalue weighted by atomic mass is 10.1. The number of thiophene rings is 1. The molecule has 1 unspecified atom stereocenters. The van der Waals surface area contributed by atoms with Crippen molar-refractivity contribution in [2.24, 2.45) is 0 Å². The van der Waals surface area contributed by atoms with Gasteiger partial charge in [0.15, 0.2) is 6.04 Å². The number of hydrogen-bond donors (Lipinski definition) is 1. The summed E-state index contributed by atoms with van der Waals surface area (Å²) in [4.78, 5) is 12.1. The van der Waals surface area contributed by atoms with Crippen LogP contribution in [0.25, 0.3) is 0 Å². The fraction of sp³-hybridized carbons (Fsp3) is 0.267. The first-order valence-corrected chi connectivity index (χ1v) is 7.17. The number of rotatable bonds is 5. The van der Waals surface area contributed by atoms with Crippen LogP contribution in [0.3, 0.4) is 0 Å². The molecule has 0 spiro atoms. The van der Waals surface area contributed by atoms with Crippen molar-refractivity contribution < 1.29 is 9.53 Å². The molecule has 0 bridgehead atoms. The fourth-order valence-electron chi connectivity index (χ4n) is 1.83. The van der Waals surface area contributed by atoms with Crippen LogP contribution in [0.2, 0.25) is 0 Å². The summed E-state index contributed by atoms with van der Waals surface area (Å²) in [6, 6.07) is 9.39. The lowest BCUT2D eigenvalue weighted by Gasteiger charge is -2.18. The molecule has 0 aliphatic rings. The summed E-state index contributed by atoms with van der Waals surface area (Å²) < 4.78 is 5.14. The topological polar surface area (TPSA) is 38.3 Å². The third kappa shape index (κ3) is 3.35. The first-order valence-electron chi connectivity index (χ1n) is 6.23. The summed E-state index contributed by atoms with van der Waals surface area (Å²) in [6.07, 6.45) is 0. The van der Waals surface area contributed by atoms with Crippen LogP contribution < -0.4 is 5.32 Å². The number of ether oxygens (including phenoxy) is 1. The van der Waals surface area contributed by atoms with Crippen molar-refractivity contribution in [2.75, 3.05) is 11.9 Å². The van der Waals surface area contributed by atoms with Gasteiger partial charge in [0.25, 0.3) is 0 Å². The minimum Gasteiger partial charge on any atom is -0.464 e. The summed E-state index contributed by atoms with van der Waals surface area (Å²) in [5, 5.41) is 7.19. The summed E-state index contributed by atoms with van der Waals surface area (Å²) >= 11 is 1.57. The fourth-order valence-corrected chi connectivity index (χ4v) is 2.52. The van der Waals surface area contributed by atoms with Crippen molar-refractivity contribution >= 4 is 23.0 Å². The van der Waals surface area contributed by atoms with E-state index in [1.165, 1.54) is 0 Å². The Balaban J connectivity index is 2.24. The normalized spacial score (nSPS) is 11.9. The Morgan fingerprint density at radius 2 is 2.16 bits per heavy atom. The number of esters is 1. The molecule has 0 fully saturated rings. The molecule has 0 aliphatic heterocycles. The zero-order chi connectivity index (χ0) is 13.7. The van der Waals surface area contributed by atoms with Crippen LogP contribution >= 0.6 is 11.3 Å². The van der Waals surface area contributed by atoms with Crippen LogP contribution in [0.15, 0.2) is 41.1 Å². The van der Waals surface area contributed by atoms with Crippen molar-refractivity contribution in [3.63, 3.8) is 0 Å². The van der Waals surface area contributed by atoms with Gasteiger partial charge in [-0.1, -0.05) is 18.2 Å². The molecule has 4 heteroatoms. The Bertz CT molecular complexity index is 537. The molecule has 0 saturated carbocycles. The predicted octanol–water partition coefficient (Wildman–Crippen LogP) is 3.77. The standard InChI is InChI=1S/C15H17NO2S/c1-3-18-15(17)14(12-8-9-19-10-12)16-13-7-5-4-6-11(13)2/h4-10,14,16H,3H2,1-2H3. The molecule has 100 valence electrons. The van der Waals surface area contributed by atoms with E-state index in [2.05, 4.69) is 5.32 Å². The van der Waals surface area contributed by atoms with Crippen molar-refractivity contribution in [1.29, 1.82) is 0 Å². The molecule has 1 atom stereocenters. The predicted molar refractivity (Wildman–Crippen MR) is 78.5 cm³/mol. The van der Waals surface area contributed by atoms with E-state index in [0.717, 1.165) is 16.8 Å². The lowest BCUT2D eigenvalue weighted by Crippen LogP contribution is -2.23. The van der Waals surface area contributed by atoms with E-state index in [1.54, 1.807) is 11.3 Å². The molecule has 1 N–H and O–H groups in total. The second kappa shape index (κ2) is 6.38. The molecule has 0 saturated heterocycles. The van der Waals surface area contributed by atoms with Crippen LogP contribution in [-0.2, 0) is 9.53 Å². The second-order valence-electron chi connectivity index (χ2n) is 4.20. The van der Waals surface area contributed by atoms with Crippen LogP contribution in [-0.4, -0.2) is 12.6 Å². The summed E-state index contributed by atoms with van der Waals surface area (Å²) in [6.45, 7) is 4.21. The Kier molecular flexibility index (Phi) is 4.58. The summed E-state index contributed by atoms with van der Waals surface area (Å²) in [7, 11) is 0. The van der Waals surface area contributed by atoms with E-state index in [4.69, 9.17) is 4.74 Å². The van der Waals surface area contributed by atoms with E-state index in [1.807, 2.05) is 54.9 Å². The molecule has 1 aromatic carbocycles. The number of para-hydroxylation sites is 1. The van der Waals surface area contributed by atoms with Gasteiger partial charge in [-0.05, 0) is 47.9 Å². The minimum absolute atomic E-state index is 0.246. The van der Waals surface area contributed by atoms with Crippen LogP contribution in [0, 0.1) is 6.92 Å². The number of aryl methyl sites for hydroxylation is 1. The van der Waals surface area contributed by atoms with Crippen LogP contribution in [0.5, 0.6) is 0 Å². The van der Waals surface area contributed by atoms with Gasteiger partial charge < -0.3 is 10.1 Å². The molecular weight excluding hydrogens is 258 g/mol. The first kappa shape index (κ1) is 13.6. The first-order chi connectivity index (χ1) is 9.22. The zero-order valence-corrected chi connectivity index (χ0v) is 11.9. The Morgan fingerprint density at radius 3 is 2.79 bits per heavy atom. The number of anilines is 1. The number of hydrogen-bond acceptors (Lipinski definition) is 4. The number of nitrogens with one attached hydrogen (secondary N) is 1. The maximum atomic E-state index is 12.1. The van der Waals surface area contributed by atoms with Gasteiger partial charge in [0, 0.05) is 5.69 Å². The highest BCUT2D eigenvalue weighted by Crippen LogP contribution is 2.24. The third-order valence-corrected chi connectivity index (χ3v) is 3.55. The van der Waals surface area contributed by atoms with Gasteiger partial charge in [0.05, 0.1) is 6.61 Å². The Morgan fingerprint density at radius 1 is 1.37 bits per heavy atom. The SMILES string of the molecule is CCOC(=O)C(Nc1ccccc1C)c1ccsc1. The Hall–Kier alpha value is -1.81. The maximum Gasteiger partial charge on any atom is 0.333 e. The van der Waals surface area contributed by atoms with Crippen molar-refractivity contribution in [1.82, 2.24) is 0 Å². The second-order valence-corrected chi connectivity index (χ2v) is 4.98. The minimum atomic E-state index is -0.452. The molecule has 19 heavy (non-hydrogen) atoms. The van der Waals surface area contributed by atoms with Crippen LogP contribution in [0.1, 0.15) is 24.1 Å². The van der Waals surface area contributed by atoms with Gasteiger partial charge >= 0.3 is 5.97 Å². The van der Waals surface area contributed by atoms with E-state index in [9.17, 15) is 4.79 Å².